The zero-order valence-electron chi connectivity index (χ0n) is 16.1. The van der Waals surface area contributed by atoms with Gasteiger partial charge >= 0.3 is 0 Å². The predicted octanol–water partition coefficient (Wildman–Crippen LogP) is 1.52. The van der Waals surface area contributed by atoms with Crippen LogP contribution >= 0.6 is 0 Å². The molecule has 1 atom stereocenters. The number of carbonyl (C=O) groups excluding carboxylic acids is 2. The summed E-state index contributed by atoms with van der Waals surface area (Å²) in [5.41, 5.74) is 1.43. The smallest absolute Gasteiger partial charge is 0.253 e. The van der Waals surface area contributed by atoms with Gasteiger partial charge in [-0.3, -0.25) is 9.59 Å². The number of likely N-dealkylation sites (N-methyl/N-ethyl adjacent to an activating group) is 1. The molecular weight excluding hydrogens is 334 g/mol. The van der Waals surface area contributed by atoms with Crippen molar-refractivity contribution in [3.8, 4) is 5.75 Å². The van der Waals surface area contributed by atoms with Crippen LogP contribution in [0, 0.1) is 0 Å². The van der Waals surface area contributed by atoms with E-state index in [1.165, 1.54) is 4.90 Å². The van der Waals surface area contributed by atoms with Gasteiger partial charge in [0, 0.05) is 39.9 Å². The van der Waals surface area contributed by atoms with Gasteiger partial charge in [0.2, 0.25) is 5.91 Å². The summed E-state index contributed by atoms with van der Waals surface area (Å²) in [6.07, 6.45) is 1.30. The lowest BCUT2D eigenvalue weighted by Crippen LogP contribution is -2.44. The molecule has 2 rings (SSSR count). The summed E-state index contributed by atoms with van der Waals surface area (Å²) in [5, 5.41) is 2.87. The molecule has 1 aliphatic rings. The summed E-state index contributed by atoms with van der Waals surface area (Å²) in [6.45, 7) is 4.22. The van der Waals surface area contributed by atoms with Crippen molar-refractivity contribution in [2.24, 2.45) is 0 Å². The minimum atomic E-state index is -0.0798. The fourth-order valence-corrected chi connectivity index (χ4v) is 2.79. The second kappa shape index (κ2) is 9.43. The number of ether oxygens (including phenoxy) is 2. The fourth-order valence-electron chi connectivity index (χ4n) is 2.79. The van der Waals surface area contributed by atoms with E-state index in [4.69, 9.17) is 9.47 Å². The Morgan fingerprint density at radius 3 is 2.81 bits per heavy atom. The molecule has 0 aromatic heterocycles. The Hall–Kier alpha value is -2.28. The van der Waals surface area contributed by atoms with E-state index in [2.05, 4.69) is 5.32 Å². The van der Waals surface area contributed by atoms with Gasteiger partial charge < -0.3 is 24.6 Å². The number of benzene rings is 1. The second-order valence-electron chi connectivity index (χ2n) is 6.62. The van der Waals surface area contributed by atoms with Crippen LogP contribution in [-0.4, -0.2) is 70.3 Å². The van der Waals surface area contributed by atoms with E-state index < -0.39 is 0 Å². The van der Waals surface area contributed by atoms with Crippen molar-refractivity contribution in [3.63, 3.8) is 0 Å². The summed E-state index contributed by atoms with van der Waals surface area (Å²) in [6, 6.07) is 5.31. The summed E-state index contributed by atoms with van der Waals surface area (Å²) in [5.74, 6) is 0.634. The standard InChI is InChI=1S/C19H29N3O4/c1-5-9-25-10-8-20-18(23)12-15-13-26-17-7-6-14(19(24)21(2)3)11-16(17)22(15)4/h6-7,11,15H,5,8-10,12-13H2,1-4H3,(H,20,23)/t15-/m1/s1. The van der Waals surface area contributed by atoms with Crippen molar-refractivity contribution < 1.29 is 19.1 Å². The molecule has 1 N–H and O–H groups in total. The summed E-state index contributed by atoms with van der Waals surface area (Å²) in [7, 11) is 5.37. The van der Waals surface area contributed by atoms with Crippen LogP contribution in [0.3, 0.4) is 0 Å². The first-order valence-corrected chi connectivity index (χ1v) is 8.99. The highest BCUT2D eigenvalue weighted by Gasteiger charge is 2.27. The van der Waals surface area contributed by atoms with E-state index >= 15 is 0 Å². The highest BCUT2D eigenvalue weighted by atomic mass is 16.5. The minimum absolute atomic E-state index is 0.0329. The van der Waals surface area contributed by atoms with Crippen LogP contribution in [0.4, 0.5) is 5.69 Å². The minimum Gasteiger partial charge on any atom is -0.489 e. The Morgan fingerprint density at radius 1 is 1.35 bits per heavy atom. The molecule has 1 aliphatic heterocycles. The van der Waals surface area contributed by atoms with Crippen LogP contribution in [0.15, 0.2) is 18.2 Å². The van der Waals surface area contributed by atoms with Crippen molar-refractivity contribution in [1.82, 2.24) is 10.2 Å². The number of hydrogen-bond donors (Lipinski definition) is 1. The van der Waals surface area contributed by atoms with E-state index in [0.29, 0.717) is 38.3 Å². The summed E-state index contributed by atoms with van der Waals surface area (Å²) in [4.78, 5) is 27.9. The number of amides is 2. The number of fused-ring (bicyclic) bond motifs is 1. The number of rotatable bonds is 8. The average molecular weight is 363 g/mol. The van der Waals surface area contributed by atoms with E-state index in [0.717, 1.165) is 17.9 Å². The molecule has 0 unspecified atom stereocenters. The zero-order chi connectivity index (χ0) is 19.1. The molecule has 0 saturated heterocycles. The molecule has 1 aromatic carbocycles. The van der Waals surface area contributed by atoms with Crippen LogP contribution in [0.2, 0.25) is 0 Å². The maximum Gasteiger partial charge on any atom is 0.253 e. The monoisotopic (exact) mass is 363 g/mol. The van der Waals surface area contributed by atoms with Gasteiger partial charge in [0.15, 0.2) is 0 Å². The Balaban J connectivity index is 1.95. The van der Waals surface area contributed by atoms with Gasteiger partial charge in [-0.25, -0.2) is 0 Å². The number of hydrogen-bond acceptors (Lipinski definition) is 5. The van der Waals surface area contributed by atoms with Crippen LogP contribution in [0.5, 0.6) is 5.75 Å². The molecule has 0 spiro atoms. The molecule has 7 heteroatoms. The Kier molecular flexibility index (Phi) is 7.26. The lowest BCUT2D eigenvalue weighted by Gasteiger charge is -2.35. The molecule has 1 heterocycles. The quantitative estimate of drug-likeness (QED) is 0.709. The number of anilines is 1. The Bertz CT molecular complexity index is 633. The second-order valence-corrected chi connectivity index (χ2v) is 6.62. The first kappa shape index (κ1) is 20.0. The van der Waals surface area contributed by atoms with Crippen LogP contribution in [0.25, 0.3) is 0 Å². The van der Waals surface area contributed by atoms with Gasteiger partial charge in [-0.1, -0.05) is 6.92 Å². The maximum absolute atomic E-state index is 12.2. The molecule has 26 heavy (non-hydrogen) atoms. The largest absolute Gasteiger partial charge is 0.489 e. The number of nitrogens with one attached hydrogen (secondary N) is 1. The van der Waals surface area contributed by atoms with Crippen molar-refractivity contribution in [1.29, 1.82) is 0 Å². The van der Waals surface area contributed by atoms with Gasteiger partial charge in [-0.2, -0.15) is 0 Å². The lowest BCUT2D eigenvalue weighted by molar-refractivity contribution is -0.121. The van der Waals surface area contributed by atoms with Crippen molar-refractivity contribution in [2.75, 3.05) is 52.4 Å². The van der Waals surface area contributed by atoms with Crippen molar-refractivity contribution >= 4 is 17.5 Å². The lowest BCUT2D eigenvalue weighted by atomic mass is 10.1. The van der Waals surface area contributed by atoms with Gasteiger partial charge in [-0.15, -0.1) is 0 Å². The molecule has 0 radical (unpaired) electrons. The Labute approximate surface area is 155 Å². The SMILES string of the molecule is CCCOCCNC(=O)C[C@@H]1COc2ccc(C(=O)N(C)C)cc2N1C. The third-order valence-electron chi connectivity index (χ3n) is 4.31. The highest BCUT2D eigenvalue weighted by molar-refractivity contribution is 5.95. The van der Waals surface area contributed by atoms with Crippen LogP contribution in [-0.2, 0) is 9.53 Å². The van der Waals surface area contributed by atoms with Gasteiger partial charge in [0.05, 0.1) is 24.8 Å². The van der Waals surface area contributed by atoms with Crippen molar-refractivity contribution in [3.05, 3.63) is 23.8 Å². The topological polar surface area (TPSA) is 71.1 Å². The normalized spacial score (nSPS) is 15.8. The maximum atomic E-state index is 12.2. The molecule has 2 amide bonds. The molecule has 0 bridgehead atoms. The third kappa shape index (κ3) is 5.11. The third-order valence-corrected chi connectivity index (χ3v) is 4.31. The van der Waals surface area contributed by atoms with Gasteiger partial charge in [0.1, 0.15) is 12.4 Å². The summed E-state index contributed by atoms with van der Waals surface area (Å²) < 4.78 is 11.1. The van der Waals surface area contributed by atoms with E-state index in [9.17, 15) is 9.59 Å². The van der Waals surface area contributed by atoms with Gasteiger partial charge in [-0.05, 0) is 24.6 Å². The summed E-state index contributed by atoms with van der Waals surface area (Å²) >= 11 is 0. The van der Waals surface area contributed by atoms with Crippen LogP contribution < -0.4 is 15.0 Å². The molecule has 0 saturated carbocycles. The number of carbonyl (C=O) groups is 2. The van der Waals surface area contributed by atoms with Gasteiger partial charge in [0.25, 0.3) is 5.91 Å². The molecule has 1 aromatic rings. The number of nitrogens with zero attached hydrogens (tertiary/aromatic N) is 2. The van der Waals surface area contributed by atoms with E-state index in [1.807, 2.05) is 31.0 Å². The molecule has 7 nitrogen and oxygen atoms in total. The first-order valence-electron chi connectivity index (χ1n) is 8.99. The average Bonchev–Trinajstić information content (AvgIpc) is 2.63. The molecular formula is C19H29N3O4. The van der Waals surface area contributed by atoms with Crippen molar-refractivity contribution in [2.45, 2.75) is 25.8 Å². The predicted molar refractivity (Wildman–Crippen MR) is 101 cm³/mol. The first-order chi connectivity index (χ1) is 12.4. The zero-order valence-corrected chi connectivity index (χ0v) is 16.1. The molecule has 144 valence electrons. The molecule has 0 aliphatic carbocycles. The highest BCUT2D eigenvalue weighted by Crippen LogP contribution is 2.34. The molecule has 0 fully saturated rings. The fraction of sp³-hybridized carbons (Fsp3) is 0.579. The van der Waals surface area contributed by atoms with Crippen LogP contribution in [0.1, 0.15) is 30.1 Å². The van der Waals surface area contributed by atoms with E-state index in [-0.39, 0.29) is 17.9 Å². The Morgan fingerprint density at radius 2 is 2.12 bits per heavy atom. The van der Waals surface area contributed by atoms with E-state index in [1.54, 1.807) is 20.2 Å².